The number of unbranched alkanes of at least 4 members (excludes halogenated alkanes) is 3. The molecule has 0 radical (unpaired) electrons. The Hall–Kier alpha value is -2.08. The lowest BCUT2D eigenvalue weighted by Crippen LogP contribution is -2.30. The minimum atomic E-state index is -0.131. The highest BCUT2D eigenvalue weighted by Gasteiger charge is 2.20. The SMILES string of the molecule is CCCCCCC(=O)Nc1ccc(N2CCCC2)c(C(=O)NCCOC)c1. The molecule has 0 aromatic heterocycles. The molecule has 0 atom stereocenters. The van der Waals surface area contributed by atoms with Crippen LogP contribution in [0.4, 0.5) is 11.4 Å². The number of nitrogens with one attached hydrogen (secondary N) is 2. The molecule has 0 unspecified atom stereocenters. The minimum Gasteiger partial charge on any atom is -0.383 e. The summed E-state index contributed by atoms with van der Waals surface area (Å²) < 4.78 is 5.01. The van der Waals surface area contributed by atoms with Crippen molar-refractivity contribution in [2.24, 2.45) is 0 Å². The molecular weight excluding hydrogens is 342 g/mol. The number of hydrogen-bond acceptors (Lipinski definition) is 4. The van der Waals surface area contributed by atoms with E-state index in [0.717, 1.165) is 57.3 Å². The number of methoxy groups -OCH3 is 1. The lowest BCUT2D eigenvalue weighted by atomic mass is 10.1. The molecule has 6 heteroatoms. The van der Waals surface area contributed by atoms with Crippen molar-refractivity contribution in [2.45, 2.75) is 51.9 Å². The van der Waals surface area contributed by atoms with Crippen LogP contribution in [0.5, 0.6) is 0 Å². The van der Waals surface area contributed by atoms with E-state index >= 15 is 0 Å². The zero-order valence-electron chi connectivity index (χ0n) is 16.7. The van der Waals surface area contributed by atoms with Crippen molar-refractivity contribution in [3.63, 3.8) is 0 Å². The number of nitrogens with zero attached hydrogens (tertiary/aromatic N) is 1. The van der Waals surface area contributed by atoms with E-state index in [1.54, 1.807) is 13.2 Å². The molecule has 27 heavy (non-hydrogen) atoms. The highest BCUT2D eigenvalue weighted by Crippen LogP contribution is 2.27. The van der Waals surface area contributed by atoms with Gasteiger partial charge >= 0.3 is 0 Å². The quantitative estimate of drug-likeness (QED) is 0.580. The first-order valence-electron chi connectivity index (χ1n) is 10.1. The van der Waals surface area contributed by atoms with Crippen molar-refractivity contribution in [3.8, 4) is 0 Å². The smallest absolute Gasteiger partial charge is 0.253 e. The third-order valence-electron chi connectivity index (χ3n) is 4.82. The number of rotatable bonds is 11. The second-order valence-electron chi connectivity index (χ2n) is 7.03. The number of ether oxygens (including phenoxy) is 1. The average molecular weight is 376 g/mol. The summed E-state index contributed by atoms with van der Waals surface area (Å²) in [5, 5.41) is 5.83. The van der Waals surface area contributed by atoms with Crippen molar-refractivity contribution >= 4 is 23.2 Å². The molecule has 1 saturated heterocycles. The van der Waals surface area contributed by atoms with Crippen LogP contribution in [0.15, 0.2) is 18.2 Å². The second-order valence-corrected chi connectivity index (χ2v) is 7.03. The predicted molar refractivity (Wildman–Crippen MR) is 109 cm³/mol. The number of carbonyl (C=O) groups is 2. The third-order valence-corrected chi connectivity index (χ3v) is 4.82. The van der Waals surface area contributed by atoms with Crippen LogP contribution in [0.3, 0.4) is 0 Å². The fraction of sp³-hybridized carbons (Fsp3) is 0.619. The van der Waals surface area contributed by atoms with Gasteiger partial charge < -0.3 is 20.3 Å². The standard InChI is InChI=1S/C21H33N3O3/c1-3-4-5-6-9-20(25)23-17-10-11-19(24-13-7-8-14-24)18(16-17)21(26)22-12-15-27-2/h10-11,16H,3-9,12-15H2,1-2H3,(H,22,26)(H,23,25). The van der Waals surface area contributed by atoms with Gasteiger partial charge in [0, 0.05) is 44.5 Å². The van der Waals surface area contributed by atoms with E-state index in [0.29, 0.717) is 30.8 Å². The Bertz CT molecular complexity index is 613. The monoisotopic (exact) mass is 375 g/mol. The van der Waals surface area contributed by atoms with E-state index in [1.807, 2.05) is 12.1 Å². The Balaban J connectivity index is 2.06. The van der Waals surface area contributed by atoms with Crippen molar-refractivity contribution in [1.82, 2.24) is 5.32 Å². The van der Waals surface area contributed by atoms with Gasteiger partial charge in [0.1, 0.15) is 0 Å². The summed E-state index contributed by atoms with van der Waals surface area (Å²) in [6.45, 7) is 5.01. The highest BCUT2D eigenvalue weighted by atomic mass is 16.5. The molecule has 1 fully saturated rings. The molecule has 1 heterocycles. The molecule has 0 aliphatic carbocycles. The molecule has 2 amide bonds. The first-order valence-corrected chi connectivity index (χ1v) is 10.1. The van der Waals surface area contributed by atoms with Crippen LogP contribution in [0, 0.1) is 0 Å². The molecule has 0 bridgehead atoms. The van der Waals surface area contributed by atoms with Gasteiger partial charge in [-0.1, -0.05) is 26.2 Å². The molecule has 150 valence electrons. The van der Waals surface area contributed by atoms with Crippen LogP contribution in [0.1, 0.15) is 62.2 Å². The molecule has 1 aromatic carbocycles. The van der Waals surface area contributed by atoms with E-state index in [1.165, 1.54) is 0 Å². The Morgan fingerprint density at radius 3 is 2.63 bits per heavy atom. The van der Waals surface area contributed by atoms with Crippen LogP contribution >= 0.6 is 0 Å². The number of benzene rings is 1. The first kappa shape index (κ1) is 21.2. The summed E-state index contributed by atoms with van der Waals surface area (Å²) >= 11 is 0. The second kappa shape index (κ2) is 11.6. The number of anilines is 2. The summed E-state index contributed by atoms with van der Waals surface area (Å²) in [7, 11) is 1.61. The summed E-state index contributed by atoms with van der Waals surface area (Å²) in [4.78, 5) is 27.1. The number of hydrogen-bond donors (Lipinski definition) is 2. The van der Waals surface area contributed by atoms with E-state index in [2.05, 4.69) is 22.5 Å². The number of carbonyl (C=O) groups excluding carboxylic acids is 2. The summed E-state index contributed by atoms with van der Waals surface area (Å²) in [6, 6.07) is 5.63. The van der Waals surface area contributed by atoms with Gasteiger partial charge in [0.05, 0.1) is 12.2 Å². The van der Waals surface area contributed by atoms with Gasteiger partial charge in [0.15, 0.2) is 0 Å². The number of amides is 2. The van der Waals surface area contributed by atoms with Gasteiger partial charge in [0.25, 0.3) is 5.91 Å². The fourth-order valence-corrected chi connectivity index (χ4v) is 3.33. The molecule has 1 aliphatic heterocycles. The zero-order chi connectivity index (χ0) is 19.5. The van der Waals surface area contributed by atoms with Crippen molar-refractivity contribution in [3.05, 3.63) is 23.8 Å². The van der Waals surface area contributed by atoms with Crippen molar-refractivity contribution in [2.75, 3.05) is 43.6 Å². The summed E-state index contributed by atoms with van der Waals surface area (Å²) in [5.41, 5.74) is 2.22. The molecule has 1 aromatic rings. The Kier molecular flexibility index (Phi) is 9.11. The molecular formula is C21H33N3O3. The first-order chi connectivity index (χ1) is 13.2. The van der Waals surface area contributed by atoms with Gasteiger partial charge in [-0.25, -0.2) is 0 Å². The topological polar surface area (TPSA) is 70.7 Å². The normalized spacial score (nSPS) is 13.6. The van der Waals surface area contributed by atoms with Crippen LogP contribution in [0.25, 0.3) is 0 Å². The van der Waals surface area contributed by atoms with Gasteiger partial charge in [-0.15, -0.1) is 0 Å². The molecule has 2 rings (SSSR count). The predicted octanol–water partition coefficient (Wildman–Crippen LogP) is 3.57. The molecule has 0 saturated carbocycles. The average Bonchev–Trinajstić information content (AvgIpc) is 3.20. The maximum atomic E-state index is 12.7. The lowest BCUT2D eigenvalue weighted by molar-refractivity contribution is -0.116. The Labute approximate surface area is 162 Å². The fourth-order valence-electron chi connectivity index (χ4n) is 3.33. The van der Waals surface area contributed by atoms with E-state index in [9.17, 15) is 9.59 Å². The highest BCUT2D eigenvalue weighted by molar-refractivity contribution is 6.02. The molecule has 0 spiro atoms. The largest absolute Gasteiger partial charge is 0.383 e. The van der Waals surface area contributed by atoms with E-state index < -0.39 is 0 Å². The maximum absolute atomic E-state index is 12.7. The lowest BCUT2D eigenvalue weighted by Gasteiger charge is -2.22. The summed E-state index contributed by atoms with van der Waals surface area (Å²) in [5.74, 6) is -0.126. The molecule has 1 aliphatic rings. The van der Waals surface area contributed by atoms with Crippen LogP contribution in [-0.4, -0.2) is 45.2 Å². The maximum Gasteiger partial charge on any atom is 0.253 e. The van der Waals surface area contributed by atoms with Crippen molar-refractivity contribution in [1.29, 1.82) is 0 Å². The van der Waals surface area contributed by atoms with Gasteiger partial charge in [-0.3, -0.25) is 9.59 Å². The summed E-state index contributed by atoms with van der Waals surface area (Å²) in [6.07, 6.45) is 7.08. The van der Waals surface area contributed by atoms with Gasteiger partial charge in [0.2, 0.25) is 5.91 Å². The van der Waals surface area contributed by atoms with Crippen LogP contribution < -0.4 is 15.5 Å². The minimum absolute atomic E-state index is 0.00534. The molecule has 2 N–H and O–H groups in total. The van der Waals surface area contributed by atoms with E-state index in [4.69, 9.17) is 4.74 Å². The molecule has 6 nitrogen and oxygen atoms in total. The Morgan fingerprint density at radius 2 is 1.93 bits per heavy atom. The van der Waals surface area contributed by atoms with Crippen LogP contribution in [0.2, 0.25) is 0 Å². The van der Waals surface area contributed by atoms with E-state index in [-0.39, 0.29) is 11.8 Å². The third kappa shape index (κ3) is 6.86. The zero-order valence-corrected chi connectivity index (χ0v) is 16.7. The Morgan fingerprint density at radius 1 is 1.15 bits per heavy atom. The van der Waals surface area contributed by atoms with Crippen molar-refractivity contribution < 1.29 is 14.3 Å². The van der Waals surface area contributed by atoms with Crippen LogP contribution in [-0.2, 0) is 9.53 Å². The van der Waals surface area contributed by atoms with Gasteiger partial charge in [-0.2, -0.15) is 0 Å². The van der Waals surface area contributed by atoms with Gasteiger partial charge in [-0.05, 0) is 37.5 Å².